The minimum absolute atomic E-state index is 0.226. The van der Waals surface area contributed by atoms with Gasteiger partial charge in [-0.15, -0.1) is 0 Å². The average molecular weight is 269 g/mol. The quantitative estimate of drug-likeness (QED) is 0.809. The molecule has 2 N–H and O–H groups in total. The summed E-state index contributed by atoms with van der Waals surface area (Å²) < 4.78 is 0. The van der Waals surface area contributed by atoms with Crippen molar-refractivity contribution in [2.45, 2.75) is 85.7 Å². The first-order valence-electron chi connectivity index (χ1n) is 8.01. The van der Waals surface area contributed by atoms with Gasteiger partial charge in [-0.1, -0.05) is 41.5 Å². The van der Waals surface area contributed by atoms with E-state index in [2.05, 4.69) is 46.9 Å². The van der Waals surface area contributed by atoms with E-state index in [-0.39, 0.29) is 12.0 Å². The van der Waals surface area contributed by atoms with Crippen LogP contribution >= 0.6 is 0 Å². The first-order chi connectivity index (χ1) is 8.64. The molecule has 1 aliphatic rings. The molecule has 19 heavy (non-hydrogen) atoms. The molecule has 1 rings (SSSR count). The largest absolute Gasteiger partial charge is 0.396 e. The molecule has 1 atom stereocenters. The smallest absolute Gasteiger partial charge is 0.0446 e. The third-order valence-corrected chi connectivity index (χ3v) is 4.85. The molecule has 0 amide bonds. The van der Waals surface area contributed by atoms with Crippen LogP contribution in [0.2, 0.25) is 0 Å². The Morgan fingerprint density at radius 3 is 1.89 bits per heavy atom. The molecule has 0 radical (unpaired) electrons. The molecule has 0 aromatic carbocycles. The summed E-state index contributed by atoms with van der Waals surface area (Å²) in [5.41, 5.74) is 0.684. The summed E-state index contributed by atoms with van der Waals surface area (Å²) in [7, 11) is 0. The summed E-state index contributed by atoms with van der Waals surface area (Å²) in [4.78, 5) is 0. The Hall–Kier alpha value is -0.0800. The third kappa shape index (κ3) is 5.43. The third-order valence-electron chi connectivity index (χ3n) is 4.85. The zero-order chi connectivity index (χ0) is 14.7. The fourth-order valence-corrected chi connectivity index (χ4v) is 3.31. The second kappa shape index (κ2) is 6.58. The summed E-state index contributed by atoms with van der Waals surface area (Å²) in [5, 5.41) is 13.0. The number of aliphatic hydroxyl groups is 1. The van der Waals surface area contributed by atoms with Crippen LogP contribution in [0.5, 0.6) is 0 Å². The Balaban J connectivity index is 2.47. The molecule has 1 aliphatic carbocycles. The highest BCUT2D eigenvalue weighted by Crippen LogP contribution is 2.38. The molecular formula is C17H35NO. The molecule has 0 spiro atoms. The molecule has 0 aromatic heterocycles. The van der Waals surface area contributed by atoms with Gasteiger partial charge in [-0.25, -0.2) is 0 Å². The van der Waals surface area contributed by atoms with Crippen LogP contribution in [0.3, 0.4) is 0 Å². The summed E-state index contributed by atoms with van der Waals surface area (Å²) >= 11 is 0. The minimum Gasteiger partial charge on any atom is -0.396 e. The van der Waals surface area contributed by atoms with E-state index >= 15 is 0 Å². The van der Waals surface area contributed by atoms with Crippen molar-refractivity contribution in [3.05, 3.63) is 0 Å². The summed E-state index contributed by atoms with van der Waals surface area (Å²) in [6.07, 6.45) is 6.14. The first-order valence-corrected chi connectivity index (χ1v) is 8.01. The lowest BCUT2D eigenvalue weighted by atomic mass is 9.71. The van der Waals surface area contributed by atoms with Crippen molar-refractivity contribution in [1.29, 1.82) is 0 Å². The maximum Gasteiger partial charge on any atom is 0.0446 e. The monoisotopic (exact) mass is 269 g/mol. The molecule has 2 heteroatoms. The molecule has 0 bridgehead atoms. The van der Waals surface area contributed by atoms with E-state index in [1.165, 1.54) is 25.7 Å². The number of aliphatic hydroxyl groups excluding tert-OH is 1. The lowest BCUT2D eigenvalue weighted by molar-refractivity contribution is 0.132. The van der Waals surface area contributed by atoms with E-state index in [0.29, 0.717) is 17.5 Å². The van der Waals surface area contributed by atoms with E-state index in [0.717, 1.165) is 12.3 Å². The Kier molecular flexibility index (Phi) is 5.88. The fourth-order valence-electron chi connectivity index (χ4n) is 3.31. The molecule has 1 unspecified atom stereocenters. The van der Waals surface area contributed by atoms with E-state index in [1.54, 1.807) is 0 Å². The number of rotatable bonds is 4. The summed E-state index contributed by atoms with van der Waals surface area (Å²) in [5.74, 6) is 0.872. The second-order valence-corrected chi connectivity index (χ2v) is 8.51. The molecular weight excluding hydrogens is 234 g/mol. The number of nitrogens with one attached hydrogen (secondary N) is 1. The zero-order valence-electron chi connectivity index (χ0n) is 13.9. The van der Waals surface area contributed by atoms with Crippen LogP contribution in [0.15, 0.2) is 0 Å². The number of hydrogen-bond donors (Lipinski definition) is 2. The van der Waals surface area contributed by atoms with Gasteiger partial charge in [-0.2, -0.15) is 0 Å². The molecule has 0 aliphatic heterocycles. The Labute approximate surface area is 120 Å². The van der Waals surface area contributed by atoms with Gasteiger partial charge in [0, 0.05) is 18.7 Å². The molecule has 1 fully saturated rings. The Morgan fingerprint density at radius 1 is 1.00 bits per heavy atom. The lowest BCUT2D eigenvalue weighted by Gasteiger charge is -2.40. The van der Waals surface area contributed by atoms with Crippen molar-refractivity contribution >= 4 is 0 Å². The van der Waals surface area contributed by atoms with Crippen LogP contribution in [0, 0.1) is 16.7 Å². The molecule has 0 saturated heterocycles. The Morgan fingerprint density at radius 2 is 1.53 bits per heavy atom. The minimum atomic E-state index is 0.226. The van der Waals surface area contributed by atoms with Crippen molar-refractivity contribution in [3.63, 3.8) is 0 Å². The highest BCUT2D eigenvalue weighted by atomic mass is 16.3. The van der Waals surface area contributed by atoms with Crippen LogP contribution in [0.25, 0.3) is 0 Å². The first kappa shape index (κ1) is 17.0. The van der Waals surface area contributed by atoms with Crippen molar-refractivity contribution in [2.75, 3.05) is 6.61 Å². The van der Waals surface area contributed by atoms with E-state index in [4.69, 9.17) is 0 Å². The average Bonchev–Trinajstić information content (AvgIpc) is 2.26. The molecule has 0 heterocycles. The van der Waals surface area contributed by atoms with E-state index in [9.17, 15) is 5.11 Å². The van der Waals surface area contributed by atoms with Crippen LogP contribution in [0.1, 0.15) is 73.6 Å². The molecule has 0 aromatic rings. The molecule has 114 valence electrons. The van der Waals surface area contributed by atoms with Gasteiger partial charge in [0.05, 0.1) is 0 Å². The predicted molar refractivity (Wildman–Crippen MR) is 83.3 cm³/mol. The normalized spacial score (nSPS) is 27.3. The van der Waals surface area contributed by atoms with Crippen LogP contribution in [-0.4, -0.2) is 23.8 Å². The molecule has 2 nitrogen and oxygen atoms in total. The zero-order valence-corrected chi connectivity index (χ0v) is 13.9. The van der Waals surface area contributed by atoms with Gasteiger partial charge in [-0.3, -0.25) is 0 Å². The SMILES string of the molecule is CC(C)(C)C1CCC(NC(CCO)C(C)(C)C)CC1. The predicted octanol–water partition coefficient (Wildman–Crippen LogP) is 3.98. The second-order valence-electron chi connectivity index (χ2n) is 8.51. The Bertz CT molecular complexity index is 253. The highest BCUT2D eigenvalue weighted by molar-refractivity contribution is 4.88. The maximum absolute atomic E-state index is 9.24. The van der Waals surface area contributed by atoms with E-state index < -0.39 is 0 Å². The standard InChI is InChI=1S/C17H35NO/c1-16(2,3)13-7-9-14(10-8-13)18-15(11-12-19)17(4,5)6/h13-15,18-19H,7-12H2,1-6H3. The van der Waals surface area contributed by atoms with Crippen molar-refractivity contribution in [2.24, 2.45) is 16.7 Å². The van der Waals surface area contributed by atoms with E-state index in [1.807, 2.05) is 0 Å². The van der Waals surface area contributed by atoms with Crippen molar-refractivity contribution in [1.82, 2.24) is 5.32 Å². The van der Waals surface area contributed by atoms with Gasteiger partial charge >= 0.3 is 0 Å². The van der Waals surface area contributed by atoms with Crippen LogP contribution in [0.4, 0.5) is 0 Å². The highest BCUT2D eigenvalue weighted by Gasteiger charge is 2.32. The van der Waals surface area contributed by atoms with Gasteiger partial charge in [0.15, 0.2) is 0 Å². The van der Waals surface area contributed by atoms with Gasteiger partial charge in [-0.05, 0) is 48.9 Å². The van der Waals surface area contributed by atoms with Gasteiger partial charge in [0.2, 0.25) is 0 Å². The fraction of sp³-hybridized carbons (Fsp3) is 1.00. The topological polar surface area (TPSA) is 32.3 Å². The molecule has 1 saturated carbocycles. The van der Waals surface area contributed by atoms with Gasteiger partial charge in [0.1, 0.15) is 0 Å². The van der Waals surface area contributed by atoms with Crippen molar-refractivity contribution < 1.29 is 5.11 Å². The van der Waals surface area contributed by atoms with Gasteiger partial charge in [0.25, 0.3) is 0 Å². The van der Waals surface area contributed by atoms with Crippen LogP contribution < -0.4 is 5.32 Å². The van der Waals surface area contributed by atoms with Crippen molar-refractivity contribution in [3.8, 4) is 0 Å². The van der Waals surface area contributed by atoms with Crippen LogP contribution in [-0.2, 0) is 0 Å². The lowest BCUT2D eigenvalue weighted by Crippen LogP contribution is -2.48. The number of hydrogen-bond acceptors (Lipinski definition) is 2. The summed E-state index contributed by atoms with van der Waals surface area (Å²) in [6.45, 7) is 14.2. The van der Waals surface area contributed by atoms with Gasteiger partial charge < -0.3 is 10.4 Å². The maximum atomic E-state index is 9.24. The summed E-state index contributed by atoms with van der Waals surface area (Å²) in [6, 6.07) is 1.07.